The molecule has 1 fully saturated rings. The summed E-state index contributed by atoms with van der Waals surface area (Å²) in [6.07, 6.45) is 3.45. The summed E-state index contributed by atoms with van der Waals surface area (Å²) in [4.78, 5) is 24.9. The Morgan fingerprint density at radius 2 is 1.63 bits per heavy atom. The van der Waals surface area contributed by atoms with Crippen molar-refractivity contribution in [1.82, 2.24) is 10.6 Å². The molecule has 2 aromatic carbocycles. The molecule has 0 bridgehead atoms. The molecule has 2 N–H and O–H groups in total. The molecule has 0 saturated heterocycles. The second-order valence-electron chi connectivity index (χ2n) is 6.79. The van der Waals surface area contributed by atoms with Crippen LogP contribution >= 0.6 is 0 Å². The Hall–Kier alpha value is -3.13. The van der Waals surface area contributed by atoms with Crippen molar-refractivity contribution in [3.8, 4) is 17.2 Å². The summed E-state index contributed by atoms with van der Waals surface area (Å²) in [6, 6.07) is 19.2. The van der Waals surface area contributed by atoms with E-state index in [4.69, 9.17) is 5.26 Å². The number of hydrogen-bond donors (Lipinski definition) is 2. The van der Waals surface area contributed by atoms with E-state index in [1.165, 1.54) is 0 Å². The molecule has 0 heterocycles. The normalized spacial score (nSPS) is 18.9. The number of nitrogens with one attached hydrogen (secondary N) is 2. The van der Waals surface area contributed by atoms with Gasteiger partial charge in [-0.2, -0.15) is 5.26 Å². The molecule has 0 aromatic heterocycles. The minimum atomic E-state index is -0.278. The van der Waals surface area contributed by atoms with Crippen molar-refractivity contribution in [3.63, 3.8) is 0 Å². The van der Waals surface area contributed by atoms with Crippen molar-refractivity contribution in [2.75, 3.05) is 6.54 Å². The first kappa shape index (κ1) is 18.7. The fraction of sp³-hybridized carbons (Fsp3) is 0.318. The maximum Gasteiger partial charge on any atom is 0.251 e. The number of rotatable bonds is 5. The highest BCUT2D eigenvalue weighted by Gasteiger charge is 2.32. The maximum absolute atomic E-state index is 12.6. The van der Waals surface area contributed by atoms with Gasteiger partial charge in [-0.3, -0.25) is 9.59 Å². The Bertz CT molecular complexity index is 825. The van der Waals surface area contributed by atoms with Crippen LogP contribution in [0.3, 0.4) is 0 Å². The maximum atomic E-state index is 12.6. The minimum absolute atomic E-state index is 0.00303. The Kier molecular flexibility index (Phi) is 6.22. The van der Waals surface area contributed by atoms with Crippen LogP contribution in [0.5, 0.6) is 0 Å². The van der Waals surface area contributed by atoms with Gasteiger partial charge in [-0.25, -0.2) is 0 Å². The van der Waals surface area contributed by atoms with E-state index >= 15 is 0 Å². The quantitative estimate of drug-likeness (QED) is 0.802. The van der Waals surface area contributed by atoms with Gasteiger partial charge in [-0.05, 0) is 36.1 Å². The van der Waals surface area contributed by atoms with E-state index in [0.717, 1.165) is 36.8 Å². The Morgan fingerprint density at radius 1 is 0.963 bits per heavy atom. The molecule has 27 heavy (non-hydrogen) atoms. The SMILES string of the molecule is N#CCNC(=O)[C@@H]1CCCCC1NC(=O)c1ccc(-c2ccccc2)cc1. The van der Waals surface area contributed by atoms with Gasteiger partial charge in [-0.1, -0.05) is 55.3 Å². The largest absolute Gasteiger partial charge is 0.349 e. The first-order chi connectivity index (χ1) is 13.2. The zero-order valence-electron chi connectivity index (χ0n) is 15.2. The number of carbonyl (C=O) groups excluding carboxylic acids is 2. The lowest BCUT2D eigenvalue weighted by molar-refractivity contribution is -0.126. The van der Waals surface area contributed by atoms with Gasteiger partial charge in [0.2, 0.25) is 5.91 Å². The summed E-state index contributed by atoms with van der Waals surface area (Å²) in [5, 5.41) is 14.3. The van der Waals surface area contributed by atoms with Crippen molar-refractivity contribution in [2.45, 2.75) is 31.7 Å². The molecule has 2 atom stereocenters. The average molecular weight is 361 g/mol. The number of nitriles is 1. The molecule has 0 spiro atoms. The number of benzene rings is 2. The van der Waals surface area contributed by atoms with E-state index in [9.17, 15) is 9.59 Å². The number of amides is 2. The summed E-state index contributed by atoms with van der Waals surface area (Å²) >= 11 is 0. The van der Waals surface area contributed by atoms with Crippen LogP contribution in [0.15, 0.2) is 54.6 Å². The van der Waals surface area contributed by atoms with Gasteiger partial charge >= 0.3 is 0 Å². The highest BCUT2D eigenvalue weighted by Crippen LogP contribution is 2.25. The first-order valence-corrected chi connectivity index (χ1v) is 9.30. The van der Waals surface area contributed by atoms with Crippen molar-refractivity contribution >= 4 is 11.8 Å². The lowest BCUT2D eigenvalue weighted by atomic mass is 9.83. The van der Waals surface area contributed by atoms with Gasteiger partial charge in [0.25, 0.3) is 5.91 Å². The van der Waals surface area contributed by atoms with Crippen molar-refractivity contribution in [3.05, 3.63) is 60.2 Å². The molecule has 5 nitrogen and oxygen atoms in total. The van der Waals surface area contributed by atoms with E-state index in [1.54, 1.807) is 0 Å². The molecule has 1 unspecified atom stereocenters. The van der Waals surface area contributed by atoms with Crippen LogP contribution in [0.2, 0.25) is 0 Å². The molecule has 138 valence electrons. The molecule has 2 aromatic rings. The van der Waals surface area contributed by atoms with Gasteiger partial charge in [0.15, 0.2) is 0 Å². The summed E-state index contributed by atoms with van der Waals surface area (Å²) in [5.41, 5.74) is 2.74. The van der Waals surface area contributed by atoms with E-state index in [0.29, 0.717) is 5.56 Å². The molecule has 0 aliphatic heterocycles. The number of nitrogens with zero attached hydrogens (tertiary/aromatic N) is 1. The third-order valence-electron chi connectivity index (χ3n) is 5.02. The summed E-state index contributed by atoms with van der Waals surface area (Å²) in [5.74, 6) is -0.597. The standard InChI is InChI=1S/C22H23N3O2/c23-14-15-24-22(27)19-8-4-5-9-20(19)25-21(26)18-12-10-17(11-13-18)16-6-2-1-3-7-16/h1-3,6-7,10-13,19-20H,4-5,8-9,15H2,(H,24,27)(H,25,26)/t19-,20?/m1/s1. The Morgan fingerprint density at radius 3 is 2.33 bits per heavy atom. The number of hydrogen-bond acceptors (Lipinski definition) is 3. The van der Waals surface area contributed by atoms with E-state index in [2.05, 4.69) is 10.6 Å². The predicted octanol–water partition coefficient (Wildman–Crippen LogP) is 3.28. The summed E-state index contributed by atoms with van der Waals surface area (Å²) in [7, 11) is 0. The number of carbonyl (C=O) groups is 2. The van der Waals surface area contributed by atoms with Crippen LogP contribution in [-0.4, -0.2) is 24.4 Å². The van der Waals surface area contributed by atoms with E-state index in [-0.39, 0.29) is 30.3 Å². The Labute approximate surface area is 159 Å². The smallest absolute Gasteiger partial charge is 0.251 e. The fourth-order valence-electron chi connectivity index (χ4n) is 3.57. The molecule has 2 amide bonds. The average Bonchev–Trinajstić information content (AvgIpc) is 2.73. The van der Waals surface area contributed by atoms with Crippen LogP contribution in [0, 0.1) is 17.2 Å². The van der Waals surface area contributed by atoms with Gasteiger partial charge < -0.3 is 10.6 Å². The zero-order chi connectivity index (χ0) is 19.1. The highest BCUT2D eigenvalue weighted by molar-refractivity contribution is 5.95. The van der Waals surface area contributed by atoms with Crippen molar-refractivity contribution < 1.29 is 9.59 Å². The lowest BCUT2D eigenvalue weighted by Gasteiger charge is -2.31. The zero-order valence-corrected chi connectivity index (χ0v) is 15.2. The fourth-order valence-corrected chi connectivity index (χ4v) is 3.57. The topological polar surface area (TPSA) is 82.0 Å². The van der Waals surface area contributed by atoms with Crippen molar-refractivity contribution in [1.29, 1.82) is 5.26 Å². The van der Waals surface area contributed by atoms with Gasteiger partial charge in [0, 0.05) is 11.6 Å². The molecular formula is C22H23N3O2. The molecule has 0 radical (unpaired) electrons. The van der Waals surface area contributed by atoms with E-state index in [1.807, 2.05) is 60.7 Å². The van der Waals surface area contributed by atoms with Gasteiger partial charge in [0.05, 0.1) is 12.0 Å². The van der Waals surface area contributed by atoms with Crippen LogP contribution in [0.1, 0.15) is 36.0 Å². The second-order valence-corrected chi connectivity index (χ2v) is 6.79. The summed E-state index contributed by atoms with van der Waals surface area (Å²) in [6.45, 7) is -0.00303. The molecule has 1 saturated carbocycles. The van der Waals surface area contributed by atoms with Crippen molar-refractivity contribution in [2.24, 2.45) is 5.92 Å². The Balaban J connectivity index is 1.66. The van der Waals surface area contributed by atoms with Crippen LogP contribution in [-0.2, 0) is 4.79 Å². The molecule has 1 aliphatic rings. The highest BCUT2D eigenvalue weighted by atomic mass is 16.2. The van der Waals surface area contributed by atoms with Gasteiger partial charge in [-0.15, -0.1) is 0 Å². The molecule has 1 aliphatic carbocycles. The lowest BCUT2D eigenvalue weighted by Crippen LogP contribution is -2.48. The van der Waals surface area contributed by atoms with Crippen LogP contribution < -0.4 is 10.6 Å². The van der Waals surface area contributed by atoms with Crippen LogP contribution in [0.4, 0.5) is 0 Å². The first-order valence-electron chi connectivity index (χ1n) is 9.30. The van der Waals surface area contributed by atoms with E-state index < -0.39 is 0 Å². The minimum Gasteiger partial charge on any atom is -0.349 e. The third kappa shape index (κ3) is 4.73. The van der Waals surface area contributed by atoms with Gasteiger partial charge in [0.1, 0.15) is 6.54 Å². The van der Waals surface area contributed by atoms with Crippen LogP contribution in [0.25, 0.3) is 11.1 Å². The third-order valence-corrected chi connectivity index (χ3v) is 5.02. The molecular weight excluding hydrogens is 338 g/mol. The second kappa shape index (κ2) is 9.00. The predicted molar refractivity (Wildman–Crippen MR) is 104 cm³/mol. The summed E-state index contributed by atoms with van der Waals surface area (Å²) < 4.78 is 0. The monoisotopic (exact) mass is 361 g/mol. The molecule has 5 heteroatoms. The molecule has 3 rings (SSSR count).